The second-order valence-corrected chi connectivity index (χ2v) is 3.98. The summed E-state index contributed by atoms with van der Waals surface area (Å²) in [5.74, 6) is 2.44. The summed E-state index contributed by atoms with van der Waals surface area (Å²) in [7, 11) is 0. The summed E-state index contributed by atoms with van der Waals surface area (Å²) in [6, 6.07) is 0. The van der Waals surface area contributed by atoms with E-state index >= 15 is 0 Å². The average Bonchev–Trinajstić information content (AvgIpc) is 2.10. The molecule has 0 fully saturated rings. The van der Waals surface area contributed by atoms with Crippen LogP contribution in [0.5, 0.6) is 0 Å². The van der Waals surface area contributed by atoms with Crippen molar-refractivity contribution in [3.8, 4) is 12.3 Å². The highest BCUT2D eigenvalue weighted by molar-refractivity contribution is 8.06. The molecule has 0 aromatic rings. The first-order chi connectivity index (χ1) is 6.61. The molecule has 0 heterocycles. The van der Waals surface area contributed by atoms with Gasteiger partial charge in [-0.05, 0) is 29.6 Å². The first kappa shape index (κ1) is 12.6. The molecule has 0 aromatic heterocycles. The number of thioether (sulfide) groups is 1. The van der Waals surface area contributed by atoms with Crippen molar-refractivity contribution in [2.75, 3.05) is 0 Å². The Hall–Kier alpha value is -1.39. The summed E-state index contributed by atoms with van der Waals surface area (Å²) in [5, 5.41) is 0. The van der Waals surface area contributed by atoms with Crippen LogP contribution < -0.4 is 0 Å². The van der Waals surface area contributed by atoms with Gasteiger partial charge in [-0.15, -0.1) is 6.42 Å². The van der Waals surface area contributed by atoms with Gasteiger partial charge in [0.15, 0.2) is 0 Å². The van der Waals surface area contributed by atoms with Crippen molar-refractivity contribution >= 4 is 11.8 Å². The molecule has 0 N–H and O–H groups in total. The van der Waals surface area contributed by atoms with Crippen LogP contribution in [0.1, 0.15) is 6.92 Å². The lowest BCUT2D eigenvalue weighted by Crippen LogP contribution is -1.79. The van der Waals surface area contributed by atoms with Crippen LogP contribution in [0.3, 0.4) is 0 Å². The lowest BCUT2D eigenvalue weighted by atomic mass is 10.2. The smallest absolute Gasteiger partial charge is 0.0119 e. The molecule has 0 aromatic carbocycles. The lowest BCUT2D eigenvalue weighted by Gasteiger charge is -2.04. The summed E-state index contributed by atoms with van der Waals surface area (Å²) >= 11 is 1.53. The van der Waals surface area contributed by atoms with Crippen molar-refractivity contribution in [2.24, 2.45) is 0 Å². The number of rotatable bonds is 5. The molecule has 0 rings (SSSR count). The Bertz CT molecular complexity index is 335. The Balaban J connectivity index is 4.68. The minimum absolute atomic E-state index is 0.920. The molecule has 1 heteroatoms. The van der Waals surface area contributed by atoms with Crippen molar-refractivity contribution in [1.29, 1.82) is 0 Å². The lowest BCUT2D eigenvalue weighted by molar-refractivity contribution is 1.66. The molecule has 0 aliphatic carbocycles. The summed E-state index contributed by atoms with van der Waals surface area (Å²) in [5.41, 5.74) is 0.964. The van der Waals surface area contributed by atoms with Crippen molar-refractivity contribution in [3.05, 3.63) is 59.4 Å². The van der Waals surface area contributed by atoms with Crippen LogP contribution in [-0.2, 0) is 0 Å². The molecule has 14 heavy (non-hydrogen) atoms. The maximum Gasteiger partial charge on any atom is 0.0119 e. The summed E-state index contributed by atoms with van der Waals surface area (Å²) in [6.07, 6.45) is 12.2. The maximum absolute atomic E-state index is 5.13. The number of hydrogen-bond acceptors (Lipinski definition) is 1. The Morgan fingerprint density at radius 2 is 2.07 bits per heavy atom. The van der Waals surface area contributed by atoms with Gasteiger partial charge in [0.05, 0.1) is 0 Å². The topological polar surface area (TPSA) is 0 Å². The molecular formula is C13H14S. The molecule has 0 nitrogen and oxygen atoms in total. The fraction of sp³-hybridized carbons (Fsp3) is 0.0769. The third kappa shape index (κ3) is 5.29. The first-order valence-corrected chi connectivity index (χ1v) is 4.91. The van der Waals surface area contributed by atoms with E-state index in [1.807, 2.05) is 19.1 Å². The number of hydrogen-bond donors (Lipinski definition) is 0. The minimum atomic E-state index is 0.920. The van der Waals surface area contributed by atoms with E-state index in [9.17, 15) is 0 Å². The zero-order chi connectivity index (χ0) is 11.0. The van der Waals surface area contributed by atoms with E-state index in [-0.39, 0.29) is 0 Å². The molecule has 0 bridgehead atoms. The molecule has 0 unspecified atom stereocenters. The van der Waals surface area contributed by atoms with E-state index in [0.29, 0.717) is 0 Å². The SMILES string of the molecule is C#C/C=C\C(=C/C=C)C(=C)SC(=C)C. The van der Waals surface area contributed by atoms with Gasteiger partial charge in [0.25, 0.3) is 0 Å². The molecular weight excluding hydrogens is 188 g/mol. The third-order valence-corrected chi connectivity index (χ3v) is 2.11. The van der Waals surface area contributed by atoms with Gasteiger partial charge in [0, 0.05) is 4.91 Å². The summed E-state index contributed by atoms with van der Waals surface area (Å²) < 4.78 is 0. The summed E-state index contributed by atoms with van der Waals surface area (Å²) in [6.45, 7) is 13.3. The second-order valence-electron chi connectivity index (χ2n) is 2.58. The van der Waals surface area contributed by atoms with Gasteiger partial charge >= 0.3 is 0 Å². The van der Waals surface area contributed by atoms with E-state index in [1.165, 1.54) is 11.8 Å². The molecule has 0 amide bonds. The Kier molecular flexibility index (Phi) is 6.36. The second kappa shape index (κ2) is 7.06. The van der Waals surface area contributed by atoms with Gasteiger partial charge in [-0.3, -0.25) is 0 Å². The first-order valence-electron chi connectivity index (χ1n) is 4.09. The summed E-state index contributed by atoms with van der Waals surface area (Å²) in [4.78, 5) is 1.92. The van der Waals surface area contributed by atoms with Crippen LogP contribution in [0.2, 0.25) is 0 Å². The monoisotopic (exact) mass is 202 g/mol. The predicted molar refractivity (Wildman–Crippen MR) is 67.8 cm³/mol. The van der Waals surface area contributed by atoms with E-state index in [4.69, 9.17) is 6.42 Å². The van der Waals surface area contributed by atoms with Crippen LogP contribution in [0.15, 0.2) is 59.4 Å². The van der Waals surface area contributed by atoms with E-state index in [2.05, 4.69) is 25.7 Å². The zero-order valence-corrected chi connectivity index (χ0v) is 9.23. The molecule has 0 radical (unpaired) electrons. The molecule has 72 valence electrons. The number of terminal acetylenes is 1. The van der Waals surface area contributed by atoms with Gasteiger partial charge in [0.1, 0.15) is 0 Å². The molecule has 0 aliphatic heterocycles. The average molecular weight is 202 g/mol. The molecule has 0 spiro atoms. The van der Waals surface area contributed by atoms with Gasteiger partial charge < -0.3 is 0 Å². The van der Waals surface area contributed by atoms with E-state index < -0.39 is 0 Å². The Labute approximate surface area is 90.8 Å². The van der Waals surface area contributed by atoms with Gasteiger partial charge in [-0.1, -0.05) is 49.6 Å². The van der Waals surface area contributed by atoms with Crippen molar-refractivity contribution in [3.63, 3.8) is 0 Å². The van der Waals surface area contributed by atoms with Crippen LogP contribution >= 0.6 is 11.8 Å². The third-order valence-electron chi connectivity index (χ3n) is 1.28. The standard InChI is InChI=1S/C13H14S/c1-6-8-10-13(9-7-2)12(5)14-11(3)4/h1,7-10H,2-3,5H2,4H3/b10-8-,13-9+. The molecule has 0 saturated heterocycles. The highest BCUT2D eigenvalue weighted by Crippen LogP contribution is 2.28. The minimum Gasteiger partial charge on any atom is -0.115 e. The van der Waals surface area contributed by atoms with Crippen LogP contribution in [-0.4, -0.2) is 0 Å². The maximum atomic E-state index is 5.13. The van der Waals surface area contributed by atoms with Crippen molar-refractivity contribution in [1.82, 2.24) is 0 Å². The predicted octanol–water partition coefficient (Wildman–Crippen LogP) is 4.07. The van der Waals surface area contributed by atoms with Crippen molar-refractivity contribution < 1.29 is 0 Å². The van der Waals surface area contributed by atoms with E-state index in [1.54, 1.807) is 12.2 Å². The fourth-order valence-electron chi connectivity index (χ4n) is 0.776. The number of allylic oxidation sites excluding steroid dienone is 6. The van der Waals surface area contributed by atoms with Gasteiger partial charge in [-0.2, -0.15) is 0 Å². The molecule has 0 atom stereocenters. The van der Waals surface area contributed by atoms with Gasteiger partial charge in [-0.25, -0.2) is 0 Å². The van der Waals surface area contributed by atoms with Crippen LogP contribution in [0.4, 0.5) is 0 Å². The molecule has 0 saturated carbocycles. The molecule has 0 aliphatic rings. The highest BCUT2D eigenvalue weighted by atomic mass is 32.2. The highest BCUT2D eigenvalue weighted by Gasteiger charge is 1.99. The van der Waals surface area contributed by atoms with Crippen molar-refractivity contribution in [2.45, 2.75) is 6.92 Å². The van der Waals surface area contributed by atoms with Crippen LogP contribution in [0.25, 0.3) is 0 Å². The Morgan fingerprint density at radius 3 is 2.50 bits per heavy atom. The van der Waals surface area contributed by atoms with Crippen LogP contribution in [0, 0.1) is 12.3 Å². The largest absolute Gasteiger partial charge is 0.115 e. The fourth-order valence-corrected chi connectivity index (χ4v) is 1.45. The Morgan fingerprint density at radius 1 is 1.43 bits per heavy atom. The van der Waals surface area contributed by atoms with E-state index in [0.717, 1.165) is 15.4 Å². The quantitative estimate of drug-likeness (QED) is 0.478. The zero-order valence-electron chi connectivity index (χ0n) is 8.42. The van der Waals surface area contributed by atoms with Gasteiger partial charge in [0.2, 0.25) is 0 Å². The normalized spacial score (nSPS) is 11.0.